The van der Waals surface area contributed by atoms with E-state index in [1.807, 2.05) is 6.92 Å². The Morgan fingerprint density at radius 2 is 1.94 bits per heavy atom. The summed E-state index contributed by atoms with van der Waals surface area (Å²) in [4.78, 5) is 11.8. The Kier molecular flexibility index (Phi) is 4.78. The predicted molar refractivity (Wildman–Crippen MR) is 63.2 cm³/mol. The van der Waals surface area contributed by atoms with Crippen LogP contribution in [-0.2, 0) is 4.74 Å². The van der Waals surface area contributed by atoms with Crippen molar-refractivity contribution >= 4 is 5.91 Å². The number of nitrogens with one attached hydrogen (secondary N) is 1. The number of rotatable bonds is 5. The van der Waals surface area contributed by atoms with E-state index in [9.17, 15) is 15.0 Å². The third-order valence-corrected chi connectivity index (χ3v) is 2.36. The normalized spacial score (nSPS) is 12.1. The molecule has 0 fully saturated rings. The molecule has 0 saturated heterocycles. The first kappa shape index (κ1) is 13.3. The minimum atomic E-state index is -0.347. The Balaban J connectivity index is 2.75. The van der Waals surface area contributed by atoms with Gasteiger partial charge < -0.3 is 20.3 Å². The topological polar surface area (TPSA) is 78.8 Å². The Hall–Kier alpha value is -1.75. The summed E-state index contributed by atoms with van der Waals surface area (Å²) < 4.78 is 4.97. The summed E-state index contributed by atoms with van der Waals surface area (Å²) in [7, 11) is 1.56. The number of hydrogen-bond donors (Lipinski definition) is 3. The highest BCUT2D eigenvalue weighted by molar-refractivity contribution is 5.95. The van der Waals surface area contributed by atoms with Crippen molar-refractivity contribution in [3.05, 3.63) is 23.8 Å². The molecule has 1 unspecified atom stereocenters. The van der Waals surface area contributed by atoms with Gasteiger partial charge in [-0.3, -0.25) is 4.79 Å². The van der Waals surface area contributed by atoms with Crippen molar-refractivity contribution in [2.45, 2.75) is 19.4 Å². The summed E-state index contributed by atoms with van der Waals surface area (Å²) >= 11 is 0. The lowest BCUT2D eigenvalue weighted by Gasteiger charge is -2.16. The standard InChI is InChI=1S/C12H17NO4/c1-3-9(7-17-2)13-12(16)8-4-10(14)6-11(15)5-8/h4-6,9,14-15H,3,7H2,1-2H3,(H,13,16). The van der Waals surface area contributed by atoms with E-state index in [-0.39, 0.29) is 29.0 Å². The lowest BCUT2D eigenvalue weighted by molar-refractivity contribution is 0.0894. The first-order valence-electron chi connectivity index (χ1n) is 5.39. The molecule has 0 radical (unpaired) electrons. The first-order chi connectivity index (χ1) is 8.06. The van der Waals surface area contributed by atoms with Crippen LogP contribution in [-0.4, -0.2) is 35.9 Å². The van der Waals surface area contributed by atoms with Gasteiger partial charge in [0, 0.05) is 18.7 Å². The van der Waals surface area contributed by atoms with Gasteiger partial charge in [0.05, 0.1) is 12.6 Å². The summed E-state index contributed by atoms with van der Waals surface area (Å²) in [5.41, 5.74) is 0.219. The number of amides is 1. The predicted octanol–water partition coefficient (Wildman–Crippen LogP) is 1.25. The van der Waals surface area contributed by atoms with Crippen molar-refractivity contribution in [3.8, 4) is 11.5 Å². The zero-order valence-electron chi connectivity index (χ0n) is 9.93. The van der Waals surface area contributed by atoms with Gasteiger partial charge in [-0.15, -0.1) is 0 Å². The van der Waals surface area contributed by atoms with Crippen LogP contribution in [0.3, 0.4) is 0 Å². The van der Waals surface area contributed by atoms with E-state index in [4.69, 9.17) is 4.74 Å². The molecule has 5 nitrogen and oxygen atoms in total. The monoisotopic (exact) mass is 239 g/mol. The average Bonchev–Trinajstić information content (AvgIpc) is 2.27. The molecular weight excluding hydrogens is 222 g/mol. The summed E-state index contributed by atoms with van der Waals surface area (Å²) in [6, 6.07) is 3.68. The molecule has 1 aromatic rings. The van der Waals surface area contributed by atoms with Crippen molar-refractivity contribution in [2.24, 2.45) is 0 Å². The van der Waals surface area contributed by atoms with Crippen LogP contribution in [0, 0.1) is 0 Å². The van der Waals surface area contributed by atoms with Crippen LogP contribution in [0.2, 0.25) is 0 Å². The molecule has 5 heteroatoms. The second-order valence-corrected chi connectivity index (χ2v) is 3.77. The number of phenolic OH excluding ortho intramolecular Hbond substituents is 2. The van der Waals surface area contributed by atoms with Crippen LogP contribution in [0.25, 0.3) is 0 Å². The van der Waals surface area contributed by atoms with E-state index < -0.39 is 0 Å². The SMILES string of the molecule is CCC(COC)NC(=O)c1cc(O)cc(O)c1. The number of phenols is 2. The average molecular weight is 239 g/mol. The summed E-state index contributed by atoms with van der Waals surface area (Å²) in [6.07, 6.45) is 0.740. The molecule has 1 rings (SSSR count). The maximum absolute atomic E-state index is 11.8. The maximum atomic E-state index is 11.8. The Bertz CT molecular complexity index is 372. The van der Waals surface area contributed by atoms with E-state index >= 15 is 0 Å². The van der Waals surface area contributed by atoms with Gasteiger partial charge in [-0.05, 0) is 18.6 Å². The molecule has 0 spiro atoms. The molecule has 0 aliphatic heterocycles. The molecule has 0 bridgehead atoms. The van der Waals surface area contributed by atoms with Gasteiger partial charge in [0.15, 0.2) is 0 Å². The zero-order valence-corrected chi connectivity index (χ0v) is 9.93. The summed E-state index contributed by atoms with van der Waals surface area (Å²) in [6.45, 7) is 2.36. The Morgan fingerprint density at radius 3 is 2.41 bits per heavy atom. The van der Waals surface area contributed by atoms with Crippen molar-refractivity contribution in [1.29, 1.82) is 0 Å². The third kappa shape index (κ3) is 3.96. The minimum Gasteiger partial charge on any atom is -0.508 e. The van der Waals surface area contributed by atoms with Crippen LogP contribution < -0.4 is 5.32 Å². The highest BCUT2D eigenvalue weighted by Crippen LogP contribution is 2.20. The van der Waals surface area contributed by atoms with Crippen molar-refractivity contribution < 1.29 is 19.7 Å². The second-order valence-electron chi connectivity index (χ2n) is 3.77. The van der Waals surface area contributed by atoms with Gasteiger partial charge in [0.2, 0.25) is 0 Å². The van der Waals surface area contributed by atoms with Crippen molar-refractivity contribution in [3.63, 3.8) is 0 Å². The van der Waals surface area contributed by atoms with Gasteiger partial charge >= 0.3 is 0 Å². The fourth-order valence-corrected chi connectivity index (χ4v) is 1.46. The number of benzene rings is 1. The molecule has 0 saturated carbocycles. The lowest BCUT2D eigenvalue weighted by Crippen LogP contribution is -2.37. The lowest BCUT2D eigenvalue weighted by atomic mass is 10.1. The molecule has 1 atom stereocenters. The highest BCUT2D eigenvalue weighted by atomic mass is 16.5. The second kappa shape index (κ2) is 6.10. The van der Waals surface area contributed by atoms with Gasteiger partial charge in [0.1, 0.15) is 11.5 Å². The highest BCUT2D eigenvalue weighted by Gasteiger charge is 2.13. The fourth-order valence-electron chi connectivity index (χ4n) is 1.46. The van der Waals surface area contributed by atoms with Gasteiger partial charge in [-0.1, -0.05) is 6.92 Å². The molecule has 3 N–H and O–H groups in total. The van der Waals surface area contributed by atoms with E-state index in [0.717, 1.165) is 6.42 Å². The van der Waals surface area contributed by atoms with Crippen molar-refractivity contribution in [2.75, 3.05) is 13.7 Å². The number of methoxy groups -OCH3 is 1. The van der Waals surface area contributed by atoms with Gasteiger partial charge in [-0.25, -0.2) is 0 Å². The Labute approximate surface area is 100 Å². The molecule has 0 aliphatic rings. The molecule has 17 heavy (non-hydrogen) atoms. The third-order valence-electron chi connectivity index (χ3n) is 2.36. The molecule has 94 valence electrons. The number of aromatic hydroxyl groups is 2. The smallest absolute Gasteiger partial charge is 0.251 e. The van der Waals surface area contributed by atoms with E-state index in [1.165, 1.54) is 18.2 Å². The summed E-state index contributed by atoms with van der Waals surface area (Å²) in [5.74, 6) is -0.634. The number of carbonyl (C=O) groups excluding carboxylic acids is 1. The van der Waals surface area contributed by atoms with E-state index in [1.54, 1.807) is 7.11 Å². The molecule has 0 heterocycles. The van der Waals surface area contributed by atoms with Crippen LogP contribution >= 0.6 is 0 Å². The van der Waals surface area contributed by atoms with Crippen LogP contribution in [0.4, 0.5) is 0 Å². The Morgan fingerprint density at radius 1 is 1.35 bits per heavy atom. The summed E-state index contributed by atoms with van der Waals surface area (Å²) in [5, 5.41) is 21.3. The zero-order chi connectivity index (χ0) is 12.8. The molecule has 0 aromatic heterocycles. The molecule has 1 aromatic carbocycles. The van der Waals surface area contributed by atoms with E-state index in [2.05, 4.69) is 5.32 Å². The first-order valence-corrected chi connectivity index (χ1v) is 5.39. The molecular formula is C12H17NO4. The fraction of sp³-hybridized carbons (Fsp3) is 0.417. The number of hydrogen-bond acceptors (Lipinski definition) is 4. The number of ether oxygens (including phenoxy) is 1. The van der Waals surface area contributed by atoms with Crippen LogP contribution in [0.1, 0.15) is 23.7 Å². The van der Waals surface area contributed by atoms with Crippen molar-refractivity contribution in [1.82, 2.24) is 5.32 Å². The largest absolute Gasteiger partial charge is 0.508 e. The minimum absolute atomic E-state index is 0.0861. The van der Waals surface area contributed by atoms with Crippen LogP contribution in [0.15, 0.2) is 18.2 Å². The van der Waals surface area contributed by atoms with Gasteiger partial charge in [0.25, 0.3) is 5.91 Å². The molecule has 0 aliphatic carbocycles. The van der Waals surface area contributed by atoms with E-state index in [0.29, 0.717) is 6.61 Å². The quantitative estimate of drug-likeness (QED) is 0.722. The maximum Gasteiger partial charge on any atom is 0.251 e. The number of carbonyl (C=O) groups is 1. The van der Waals surface area contributed by atoms with Crippen LogP contribution in [0.5, 0.6) is 11.5 Å². The van der Waals surface area contributed by atoms with Gasteiger partial charge in [-0.2, -0.15) is 0 Å². The molecule has 1 amide bonds.